The van der Waals surface area contributed by atoms with Crippen molar-refractivity contribution in [1.82, 2.24) is 9.55 Å². The van der Waals surface area contributed by atoms with E-state index in [4.69, 9.17) is 0 Å². The van der Waals surface area contributed by atoms with Crippen molar-refractivity contribution in [1.29, 1.82) is 0 Å². The number of amides is 1. The molecule has 0 bridgehead atoms. The number of non-ortho nitro benzene ring substituents is 1. The van der Waals surface area contributed by atoms with E-state index in [0.29, 0.717) is 11.7 Å². The number of carbonyl (C=O) groups excluding carboxylic acids is 1. The number of benzene rings is 2. The summed E-state index contributed by atoms with van der Waals surface area (Å²) in [7, 11) is 0. The van der Waals surface area contributed by atoms with Crippen LogP contribution in [0.5, 0.6) is 0 Å². The predicted molar refractivity (Wildman–Crippen MR) is 116 cm³/mol. The van der Waals surface area contributed by atoms with Crippen molar-refractivity contribution in [3.05, 3.63) is 69.3 Å². The standard InChI is InChI=1S/C21H23N5O4/c1-4-25(14(2)3)16-7-5-15(6-8-16)23-20(27)12-24-13-22-19-11-17(26(29)30)9-10-18(19)21(24)28/h5-11,13-14H,4,12H2,1-3H3,(H,23,27). The molecule has 0 spiro atoms. The summed E-state index contributed by atoms with van der Waals surface area (Å²) in [4.78, 5) is 41.6. The third kappa shape index (κ3) is 4.45. The minimum atomic E-state index is -0.549. The fourth-order valence-corrected chi connectivity index (χ4v) is 3.31. The SMILES string of the molecule is CCN(c1ccc(NC(=O)Cn2cnc3cc([N+](=O)[O-])ccc3c2=O)cc1)C(C)C. The molecule has 1 aromatic heterocycles. The first-order chi connectivity index (χ1) is 14.3. The van der Waals surface area contributed by atoms with Gasteiger partial charge >= 0.3 is 0 Å². The van der Waals surface area contributed by atoms with Crippen LogP contribution in [0.1, 0.15) is 20.8 Å². The second kappa shape index (κ2) is 8.73. The van der Waals surface area contributed by atoms with Gasteiger partial charge in [-0.25, -0.2) is 4.98 Å². The topological polar surface area (TPSA) is 110 Å². The number of carbonyl (C=O) groups is 1. The third-order valence-corrected chi connectivity index (χ3v) is 4.78. The Kier molecular flexibility index (Phi) is 6.10. The van der Waals surface area contributed by atoms with Crippen molar-refractivity contribution in [2.75, 3.05) is 16.8 Å². The van der Waals surface area contributed by atoms with Crippen LogP contribution in [0.2, 0.25) is 0 Å². The second-order valence-electron chi connectivity index (χ2n) is 7.11. The molecule has 3 rings (SSSR count). The van der Waals surface area contributed by atoms with Crippen LogP contribution in [-0.2, 0) is 11.3 Å². The molecule has 0 aliphatic heterocycles. The number of nitrogens with one attached hydrogen (secondary N) is 1. The smallest absolute Gasteiger partial charge is 0.271 e. The highest BCUT2D eigenvalue weighted by Gasteiger charge is 2.13. The van der Waals surface area contributed by atoms with Gasteiger partial charge in [-0.1, -0.05) is 0 Å². The van der Waals surface area contributed by atoms with E-state index >= 15 is 0 Å². The first-order valence-corrected chi connectivity index (χ1v) is 9.60. The lowest BCUT2D eigenvalue weighted by atomic mass is 10.2. The number of nitrogens with zero attached hydrogens (tertiary/aromatic N) is 4. The van der Waals surface area contributed by atoms with Crippen LogP contribution in [-0.4, -0.2) is 33.0 Å². The van der Waals surface area contributed by atoms with Crippen LogP contribution in [0, 0.1) is 10.1 Å². The number of fused-ring (bicyclic) bond motifs is 1. The van der Waals surface area contributed by atoms with E-state index in [9.17, 15) is 19.7 Å². The maximum absolute atomic E-state index is 12.6. The van der Waals surface area contributed by atoms with Crippen molar-refractivity contribution in [3.63, 3.8) is 0 Å². The number of nitro groups is 1. The van der Waals surface area contributed by atoms with Crippen LogP contribution in [0.3, 0.4) is 0 Å². The molecule has 9 nitrogen and oxygen atoms in total. The van der Waals surface area contributed by atoms with Gasteiger partial charge in [0.05, 0.1) is 22.2 Å². The summed E-state index contributed by atoms with van der Waals surface area (Å²) in [5.41, 5.74) is 1.32. The van der Waals surface area contributed by atoms with Gasteiger partial charge in [0.15, 0.2) is 0 Å². The predicted octanol–water partition coefficient (Wildman–Crippen LogP) is 3.18. The van der Waals surface area contributed by atoms with E-state index in [1.165, 1.54) is 29.1 Å². The summed E-state index contributed by atoms with van der Waals surface area (Å²) in [5.74, 6) is -0.371. The number of anilines is 2. The molecule has 0 fully saturated rings. The summed E-state index contributed by atoms with van der Waals surface area (Å²) in [6.45, 7) is 6.99. The Morgan fingerprint density at radius 3 is 2.53 bits per heavy atom. The molecule has 0 saturated carbocycles. The molecule has 0 saturated heterocycles. The van der Waals surface area contributed by atoms with Crippen LogP contribution in [0.4, 0.5) is 17.1 Å². The molecule has 2 aromatic carbocycles. The van der Waals surface area contributed by atoms with E-state index < -0.39 is 10.5 Å². The minimum absolute atomic E-state index is 0.146. The maximum Gasteiger partial charge on any atom is 0.271 e. The molecule has 0 unspecified atom stereocenters. The second-order valence-corrected chi connectivity index (χ2v) is 7.11. The Morgan fingerprint density at radius 2 is 1.93 bits per heavy atom. The minimum Gasteiger partial charge on any atom is -0.369 e. The van der Waals surface area contributed by atoms with Gasteiger partial charge in [-0.3, -0.25) is 24.3 Å². The summed E-state index contributed by atoms with van der Waals surface area (Å²) in [6.07, 6.45) is 1.22. The normalized spacial score (nSPS) is 10.9. The molecule has 0 radical (unpaired) electrons. The van der Waals surface area contributed by atoms with Gasteiger partial charge in [-0.2, -0.15) is 0 Å². The monoisotopic (exact) mass is 409 g/mol. The Morgan fingerprint density at radius 1 is 1.23 bits per heavy atom. The Bertz CT molecular complexity index is 1140. The van der Waals surface area contributed by atoms with Gasteiger partial charge in [-0.15, -0.1) is 0 Å². The largest absolute Gasteiger partial charge is 0.369 e. The molecule has 1 N–H and O–H groups in total. The van der Waals surface area contributed by atoms with E-state index in [2.05, 4.69) is 36.0 Å². The van der Waals surface area contributed by atoms with Crippen molar-refractivity contribution in [3.8, 4) is 0 Å². The summed E-state index contributed by atoms with van der Waals surface area (Å²) < 4.78 is 1.18. The highest BCUT2D eigenvalue weighted by molar-refractivity contribution is 5.91. The lowest BCUT2D eigenvalue weighted by Crippen LogP contribution is -2.30. The van der Waals surface area contributed by atoms with E-state index in [0.717, 1.165) is 12.2 Å². The lowest BCUT2D eigenvalue weighted by molar-refractivity contribution is -0.384. The van der Waals surface area contributed by atoms with Gasteiger partial charge in [0.25, 0.3) is 11.2 Å². The molecule has 156 valence electrons. The quantitative estimate of drug-likeness (QED) is 0.474. The van der Waals surface area contributed by atoms with E-state index in [-0.39, 0.29) is 29.0 Å². The number of rotatable bonds is 7. The maximum atomic E-state index is 12.6. The molecule has 0 aliphatic carbocycles. The zero-order valence-corrected chi connectivity index (χ0v) is 17.0. The molecule has 1 amide bonds. The Labute approximate surface area is 173 Å². The lowest BCUT2D eigenvalue weighted by Gasteiger charge is -2.27. The highest BCUT2D eigenvalue weighted by Crippen LogP contribution is 2.20. The number of hydrogen-bond donors (Lipinski definition) is 1. The molecule has 30 heavy (non-hydrogen) atoms. The van der Waals surface area contributed by atoms with Crippen molar-refractivity contribution < 1.29 is 9.72 Å². The molecule has 0 aliphatic rings. The average molecular weight is 409 g/mol. The fraction of sp³-hybridized carbons (Fsp3) is 0.286. The number of aromatic nitrogens is 2. The zero-order chi connectivity index (χ0) is 21.8. The fourth-order valence-electron chi connectivity index (χ4n) is 3.31. The van der Waals surface area contributed by atoms with Gasteiger partial charge in [0.1, 0.15) is 6.54 Å². The summed E-state index contributed by atoms with van der Waals surface area (Å²) >= 11 is 0. The van der Waals surface area contributed by atoms with Crippen molar-refractivity contribution >= 4 is 33.9 Å². The first-order valence-electron chi connectivity index (χ1n) is 9.60. The third-order valence-electron chi connectivity index (χ3n) is 4.78. The van der Waals surface area contributed by atoms with Gasteiger partial charge in [-0.05, 0) is 51.1 Å². The average Bonchev–Trinajstić information content (AvgIpc) is 2.71. The van der Waals surface area contributed by atoms with Crippen LogP contribution < -0.4 is 15.8 Å². The van der Waals surface area contributed by atoms with Gasteiger partial charge in [0.2, 0.25) is 5.91 Å². The van der Waals surface area contributed by atoms with Crippen LogP contribution >= 0.6 is 0 Å². The molecular weight excluding hydrogens is 386 g/mol. The van der Waals surface area contributed by atoms with Crippen LogP contribution in [0.25, 0.3) is 10.9 Å². The Balaban J connectivity index is 1.74. The van der Waals surface area contributed by atoms with Crippen molar-refractivity contribution in [2.24, 2.45) is 0 Å². The van der Waals surface area contributed by atoms with Gasteiger partial charge < -0.3 is 10.2 Å². The Hall–Kier alpha value is -3.75. The molecule has 9 heteroatoms. The summed E-state index contributed by atoms with van der Waals surface area (Å²) in [6, 6.07) is 11.7. The highest BCUT2D eigenvalue weighted by atomic mass is 16.6. The number of hydrogen-bond acceptors (Lipinski definition) is 6. The zero-order valence-electron chi connectivity index (χ0n) is 17.0. The molecule has 1 heterocycles. The van der Waals surface area contributed by atoms with E-state index in [1.807, 2.05) is 24.3 Å². The molecule has 3 aromatic rings. The molecular formula is C21H23N5O4. The molecule has 0 atom stereocenters. The summed E-state index contributed by atoms with van der Waals surface area (Å²) in [5, 5.41) is 13.8. The van der Waals surface area contributed by atoms with Gasteiger partial charge in [0, 0.05) is 36.1 Å². The van der Waals surface area contributed by atoms with Crippen LogP contribution in [0.15, 0.2) is 53.6 Å². The van der Waals surface area contributed by atoms with E-state index in [1.54, 1.807) is 0 Å². The van der Waals surface area contributed by atoms with Crippen molar-refractivity contribution in [2.45, 2.75) is 33.4 Å². The first kappa shape index (κ1) is 21.0. The number of nitro benzene ring substituents is 1.